The summed E-state index contributed by atoms with van der Waals surface area (Å²) < 4.78 is 1.28. The molecular formula is C11H13N5O. The van der Waals surface area contributed by atoms with Crippen molar-refractivity contribution in [3.05, 3.63) is 17.2 Å². The predicted molar refractivity (Wildman–Crippen MR) is 63.0 cm³/mol. The van der Waals surface area contributed by atoms with E-state index in [1.165, 1.54) is 4.52 Å². The van der Waals surface area contributed by atoms with Gasteiger partial charge in [0, 0.05) is 13.6 Å². The second kappa shape index (κ2) is 3.94. The van der Waals surface area contributed by atoms with E-state index in [2.05, 4.69) is 10.1 Å². The largest absolute Gasteiger partial charge is 0.492 e. The first-order valence-corrected chi connectivity index (χ1v) is 5.29. The Morgan fingerprint density at radius 2 is 2.29 bits per heavy atom. The Morgan fingerprint density at radius 3 is 2.88 bits per heavy atom. The third-order valence-electron chi connectivity index (χ3n) is 2.71. The number of aromatic hydroxyl groups is 1. The van der Waals surface area contributed by atoms with Crippen LogP contribution in [0.3, 0.4) is 0 Å². The fourth-order valence-corrected chi connectivity index (χ4v) is 1.55. The topological polar surface area (TPSA) is 77.5 Å². The zero-order valence-corrected chi connectivity index (χ0v) is 9.97. The predicted octanol–water partition coefficient (Wildman–Crippen LogP) is 1.07. The lowest BCUT2D eigenvalue weighted by molar-refractivity contribution is 0.434. The first kappa shape index (κ1) is 11.2. The minimum absolute atomic E-state index is 0.161. The van der Waals surface area contributed by atoms with Crippen LogP contribution in [0, 0.1) is 18.3 Å². The Kier molecular flexibility index (Phi) is 2.60. The van der Waals surface area contributed by atoms with Gasteiger partial charge in [-0.15, -0.1) is 5.10 Å². The molecule has 0 aliphatic heterocycles. The third kappa shape index (κ3) is 1.65. The molecule has 0 bridgehead atoms. The zero-order valence-electron chi connectivity index (χ0n) is 9.97. The summed E-state index contributed by atoms with van der Waals surface area (Å²) in [6, 6.07) is 3.69. The molecule has 0 radical (unpaired) electrons. The molecule has 0 saturated heterocycles. The van der Waals surface area contributed by atoms with E-state index in [1.807, 2.05) is 24.9 Å². The molecule has 2 rings (SSSR count). The number of nitriles is 1. The molecule has 6 nitrogen and oxygen atoms in total. The number of rotatable bonds is 2. The fourth-order valence-electron chi connectivity index (χ4n) is 1.55. The van der Waals surface area contributed by atoms with Gasteiger partial charge < -0.3 is 10.0 Å². The first-order chi connectivity index (χ1) is 8.08. The minimum Gasteiger partial charge on any atom is -0.492 e. The fraction of sp³-hybridized carbons (Fsp3) is 0.364. The van der Waals surface area contributed by atoms with Gasteiger partial charge in [-0.3, -0.25) is 0 Å². The molecule has 6 heteroatoms. The van der Waals surface area contributed by atoms with Crippen LogP contribution in [0.4, 0.5) is 5.95 Å². The number of hydrogen-bond acceptors (Lipinski definition) is 5. The summed E-state index contributed by atoms with van der Waals surface area (Å²) in [7, 11) is 1.86. The molecule has 2 aromatic rings. The maximum Gasteiger partial charge on any atom is 0.245 e. The summed E-state index contributed by atoms with van der Waals surface area (Å²) in [6.45, 7) is 4.51. The van der Waals surface area contributed by atoms with Crippen LogP contribution in [0.2, 0.25) is 0 Å². The summed E-state index contributed by atoms with van der Waals surface area (Å²) in [5, 5.41) is 23.0. The molecule has 0 aliphatic carbocycles. The molecule has 0 fully saturated rings. The quantitative estimate of drug-likeness (QED) is 0.836. The zero-order chi connectivity index (χ0) is 12.6. The van der Waals surface area contributed by atoms with Gasteiger partial charge in [0.2, 0.25) is 11.8 Å². The number of anilines is 1. The van der Waals surface area contributed by atoms with Crippen LogP contribution in [0.1, 0.15) is 18.1 Å². The molecule has 88 valence electrons. The van der Waals surface area contributed by atoms with E-state index in [0.717, 1.165) is 6.54 Å². The normalized spacial score (nSPS) is 10.5. The number of fused-ring (bicyclic) bond motifs is 1. The van der Waals surface area contributed by atoms with Gasteiger partial charge in [0.1, 0.15) is 11.6 Å². The van der Waals surface area contributed by atoms with Gasteiger partial charge in [0.05, 0.1) is 0 Å². The SMILES string of the molecule is CCN(C)c1nc2cc(C)c(C#N)c(O)n2n1. The lowest BCUT2D eigenvalue weighted by Gasteiger charge is -2.09. The van der Waals surface area contributed by atoms with Crippen molar-refractivity contribution in [3.8, 4) is 11.9 Å². The standard InChI is InChI=1S/C11H13N5O/c1-4-15(3)11-13-9-5-7(2)8(6-12)10(17)16(9)14-11/h5,17H,4H2,1-3H3. The Hall–Kier alpha value is -2.29. The summed E-state index contributed by atoms with van der Waals surface area (Å²) in [6.07, 6.45) is 0. The van der Waals surface area contributed by atoms with E-state index in [9.17, 15) is 5.11 Å². The smallest absolute Gasteiger partial charge is 0.245 e. The highest BCUT2D eigenvalue weighted by Gasteiger charge is 2.14. The molecule has 17 heavy (non-hydrogen) atoms. The van der Waals surface area contributed by atoms with E-state index in [-0.39, 0.29) is 11.4 Å². The summed E-state index contributed by atoms with van der Waals surface area (Å²) in [5.41, 5.74) is 1.46. The molecule has 0 aromatic carbocycles. The Morgan fingerprint density at radius 1 is 1.59 bits per heavy atom. The van der Waals surface area contributed by atoms with Crippen molar-refractivity contribution >= 4 is 11.6 Å². The van der Waals surface area contributed by atoms with Gasteiger partial charge in [-0.05, 0) is 25.5 Å². The van der Waals surface area contributed by atoms with Crippen molar-refractivity contribution < 1.29 is 5.11 Å². The molecule has 2 heterocycles. The summed E-state index contributed by atoms with van der Waals surface area (Å²) >= 11 is 0. The minimum atomic E-state index is -0.161. The maximum absolute atomic E-state index is 9.92. The molecule has 0 atom stereocenters. The van der Waals surface area contributed by atoms with E-state index >= 15 is 0 Å². The molecular weight excluding hydrogens is 218 g/mol. The first-order valence-electron chi connectivity index (χ1n) is 5.29. The maximum atomic E-state index is 9.92. The van der Waals surface area contributed by atoms with Crippen molar-refractivity contribution in [1.29, 1.82) is 5.26 Å². The van der Waals surface area contributed by atoms with Gasteiger partial charge in [0.15, 0.2) is 5.65 Å². The van der Waals surface area contributed by atoms with E-state index in [4.69, 9.17) is 5.26 Å². The molecule has 2 aromatic heterocycles. The van der Waals surface area contributed by atoms with Crippen LogP contribution >= 0.6 is 0 Å². The van der Waals surface area contributed by atoms with E-state index < -0.39 is 0 Å². The average molecular weight is 231 g/mol. The van der Waals surface area contributed by atoms with Crippen LogP contribution in [0.25, 0.3) is 5.65 Å². The van der Waals surface area contributed by atoms with E-state index in [0.29, 0.717) is 17.2 Å². The van der Waals surface area contributed by atoms with Gasteiger partial charge in [-0.2, -0.15) is 14.8 Å². The van der Waals surface area contributed by atoms with Crippen LogP contribution in [0.5, 0.6) is 5.88 Å². The summed E-state index contributed by atoms with van der Waals surface area (Å²) in [5.74, 6) is 0.364. The lowest BCUT2D eigenvalue weighted by atomic mass is 10.2. The lowest BCUT2D eigenvalue weighted by Crippen LogP contribution is -2.17. The number of nitrogens with zero attached hydrogens (tertiary/aromatic N) is 5. The van der Waals surface area contributed by atoms with Gasteiger partial charge in [0.25, 0.3) is 0 Å². The number of pyridine rings is 1. The van der Waals surface area contributed by atoms with Crippen LogP contribution in [-0.2, 0) is 0 Å². The van der Waals surface area contributed by atoms with Gasteiger partial charge >= 0.3 is 0 Å². The Bertz CT molecular complexity index is 610. The van der Waals surface area contributed by atoms with Crippen LogP contribution in [-0.4, -0.2) is 33.3 Å². The van der Waals surface area contributed by atoms with Crippen molar-refractivity contribution in [3.63, 3.8) is 0 Å². The van der Waals surface area contributed by atoms with Crippen LogP contribution in [0.15, 0.2) is 6.07 Å². The number of aryl methyl sites for hydroxylation is 1. The second-order valence-corrected chi connectivity index (χ2v) is 3.83. The highest BCUT2D eigenvalue weighted by molar-refractivity contribution is 5.56. The van der Waals surface area contributed by atoms with E-state index in [1.54, 1.807) is 13.0 Å². The Balaban J connectivity index is 2.70. The molecule has 1 N–H and O–H groups in total. The van der Waals surface area contributed by atoms with Gasteiger partial charge in [-0.1, -0.05) is 0 Å². The van der Waals surface area contributed by atoms with Crippen molar-refractivity contribution in [1.82, 2.24) is 14.6 Å². The van der Waals surface area contributed by atoms with Crippen molar-refractivity contribution in [2.24, 2.45) is 0 Å². The summed E-state index contributed by atoms with van der Waals surface area (Å²) in [4.78, 5) is 6.14. The second-order valence-electron chi connectivity index (χ2n) is 3.83. The highest BCUT2D eigenvalue weighted by Crippen LogP contribution is 2.23. The monoisotopic (exact) mass is 231 g/mol. The molecule has 0 spiro atoms. The van der Waals surface area contributed by atoms with Gasteiger partial charge in [-0.25, -0.2) is 0 Å². The molecule has 0 unspecified atom stereocenters. The number of aromatic nitrogens is 3. The average Bonchev–Trinajstić information content (AvgIpc) is 2.72. The third-order valence-corrected chi connectivity index (χ3v) is 2.71. The van der Waals surface area contributed by atoms with Crippen LogP contribution < -0.4 is 4.90 Å². The number of hydrogen-bond donors (Lipinski definition) is 1. The highest BCUT2D eigenvalue weighted by atomic mass is 16.3. The molecule has 0 saturated carbocycles. The van der Waals surface area contributed by atoms with Crippen molar-refractivity contribution in [2.45, 2.75) is 13.8 Å². The molecule has 0 amide bonds. The molecule has 0 aliphatic rings. The Labute approximate surface area is 98.7 Å². The van der Waals surface area contributed by atoms with Crippen molar-refractivity contribution in [2.75, 3.05) is 18.5 Å².